The van der Waals surface area contributed by atoms with E-state index in [2.05, 4.69) is 28.1 Å². The number of ether oxygens (including phenoxy) is 1. The van der Waals surface area contributed by atoms with Crippen molar-refractivity contribution >= 4 is 17.7 Å². The van der Waals surface area contributed by atoms with Gasteiger partial charge in [-0.15, -0.1) is 0 Å². The van der Waals surface area contributed by atoms with E-state index in [1.54, 1.807) is 7.11 Å². The summed E-state index contributed by atoms with van der Waals surface area (Å²) in [6.45, 7) is 10.1. The summed E-state index contributed by atoms with van der Waals surface area (Å²) in [7, 11) is 1.67. The molecule has 164 valence electrons. The van der Waals surface area contributed by atoms with E-state index in [1.807, 2.05) is 37.8 Å². The van der Waals surface area contributed by atoms with E-state index in [4.69, 9.17) is 4.74 Å². The lowest BCUT2D eigenvalue weighted by molar-refractivity contribution is -0.128. The van der Waals surface area contributed by atoms with E-state index < -0.39 is 0 Å². The fraction of sp³-hybridized carbons (Fsp3) is 0.458. The number of rotatable bonds is 6. The maximum absolute atomic E-state index is 12.9. The molecule has 1 amide bonds. The molecule has 0 spiro atoms. The largest absolute Gasteiger partial charge is 0.497 e. The number of aryl methyl sites for hydroxylation is 1. The zero-order valence-corrected chi connectivity index (χ0v) is 19.6. The predicted octanol–water partition coefficient (Wildman–Crippen LogP) is 3.71. The molecule has 1 saturated heterocycles. The average molecular weight is 439 g/mol. The Balaban J connectivity index is 1.56. The van der Waals surface area contributed by atoms with Crippen LogP contribution in [0.25, 0.3) is 0 Å². The summed E-state index contributed by atoms with van der Waals surface area (Å²) in [4.78, 5) is 21.8. The third-order valence-electron chi connectivity index (χ3n) is 5.91. The van der Waals surface area contributed by atoms with E-state index in [-0.39, 0.29) is 5.91 Å². The minimum atomic E-state index is 0.109. The first-order valence-electron chi connectivity index (χ1n) is 10.6. The zero-order chi connectivity index (χ0) is 22.4. The molecule has 3 rings (SSSR count). The molecule has 1 aliphatic rings. The summed E-state index contributed by atoms with van der Waals surface area (Å²) in [5, 5.41) is 10.2. The molecule has 2 heterocycles. The first-order valence-corrected chi connectivity index (χ1v) is 11.5. The number of carbonyl (C=O) groups excluding carboxylic acids is 1. The van der Waals surface area contributed by atoms with Crippen molar-refractivity contribution < 1.29 is 9.53 Å². The van der Waals surface area contributed by atoms with Crippen LogP contribution in [0.4, 0.5) is 0 Å². The van der Waals surface area contributed by atoms with Crippen molar-refractivity contribution in [1.29, 1.82) is 5.26 Å². The van der Waals surface area contributed by atoms with Crippen molar-refractivity contribution in [1.82, 2.24) is 14.8 Å². The lowest BCUT2D eigenvalue weighted by Gasteiger charge is -2.22. The molecule has 6 nitrogen and oxygen atoms in total. The molecule has 2 aromatic rings. The molecule has 0 atom stereocenters. The van der Waals surface area contributed by atoms with Crippen molar-refractivity contribution in [2.75, 3.05) is 39.0 Å². The minimum absolute atomic E-state index is 0.109. The van der Waals surface area contributed by atoms with Gasteiger partial charge in [0.1, 0.15) is 16.8 Å². The number of methoxy groups -OCH3 is 1. The summed E-state index contributed by atoms with van der Waals surface area (Å²) in [6.07, 6.45) is 0.955. The number of pyridine rings is 1. The topological polar surface area (TPSA) is 69.5 Å². The molecular formula is C24H30N4O2S. The van der Waals surface area contributed by atoms with Crippen LogP contribution in [-0.2, 0) is 11.3 Å². The molecule has 0 radical (unpaired) electrons. The quantitative estimate of drug-likeness (QED) is 0.641. The summed E-state index contributed by atoms with van der Waals surface area (Å²) in [5.74, 6) is 1.28. The average Bonchev–Trinajstić information content (AvgIpc) is 3.02. The highest BCUT2D eigenvalue weighted by Gasteiger charge is 2.21. The van der Waals surface area contributed by atoms with Gasteiger partial charge in [-0.3, -0.25) is 9.69 Å². The van der Waals surface area contributed by atoms with E-state index in [0.717, 1.165) is 61.7 Å². The smallest absolute Gasteiger partial charge is 0.233 e. The first kappa shape index (κ1) is 23.1. The van der Waals surface area contributed by atoms with Crippen LogP contribution >= 0.6 is 11.8 Å². The molecular weight excluding hydrogens is 408 g/mol. The second-order valence-electron chi connectivity index (χ2n) is 7.89. The SMILES string of the molecule is COc1ccc(CN2CCCN(C(=O)CSc3nc(C)c(C)c(C)c3C#N)CC2)cc1. The third-order valence-corrected chi connectivity index (χ3v) is 6.87. The predicted molar refractivity (Wildman–Crippen MR) is 123 cm³/mol. The molecule has 0 saturated carbocycles. The Hall–Kier alpha value is -2.56. The number of thioether (sulfide) groups is 1. The van der Waals surface area contributed by atoms with Gasteiger partial charge in [0, 0.05) is 38.4 Å². The Morgan fingerprint density at radius 1 is 1.13 bits per heavy atom. The van der Waals surface area contributed by atoms with Crippen molar-refractivity contribution in [2.45, 2.75) is 38.8 Å². The summed E-state index contributed by atoms with van der Waals surface area (Å²) in [6, 6.07) is 10.4. The first-order chi connectivity index (χ1) is 14.9. The van der Waals surface area contributed by atoms with Crippen LogP contribution < -0.4 is 4.74 Å². The van der Waals surface area contributed by atoms with E-state index in [0.29, 0.717) is 16.3 Å². The molecule has 7 heteroatoms. The van der Waals surface area contributed by atoms with Gasteiger partial charge in [0.2, 0.25) is 5.91 Å². The van der Waals surface area contributed by atoms with Gasteiger partial charge in [-0.25, -0.2) is 4.98 Å². The Morgan fingerprint density at radius 3 is 2.55 bits per heavy atom. The molecule has 0 aliphatic carbocycles. The Labute approximate surface area is 189 Å². The van der Waals surface area contributed by atoms with Gasteiger partial charge in [0.15, 0.2) is 0 Å². The summed E-state index contributed by atoms with van der Waals surface area (Å²) in [5.41, 5.74) is 4.74. The van der Waals surface area contributed by atoms with Gasteiger partial charge < -0.3 is 9.64 Å². The summed E-state index contributed by atoms with van der Waals surface area (Å²) >= 11 is 1.37. The molecule has 1 aliphatic heterocycles. The molecule has 1 fully saturated rings. The maximum Gasteiger partial charge on any atom is 0.233 e. The lowest BCUT2D eigenvalue weighted by Crippen LogP contribution is -2.36. The fourth-order valence-electron chi connectivity index (χ4n) is 3.74. The molecule has 0 N–H and O–H groups in total. The minimum Gasteiger partial charge on any atom is -0.497 e. The Morgan fingerprint density at radius 2 is 1.87 bits per heavy atom. The number of nitriles is 1. The highest BCUT2D eigenvalue weighted by atomic mass is 32.2. The van der Waals surface area contributed by atoms with Crippen LogP contribution in [0.15, 0.2) is 29.3 Å². The number of amides is 1. The van der Waals surface area contributed by atoms with Crippen LogP contribution in [-0.4, -0.2) is 59.7 Å². The van der Waals surface area contributed by atoms with E-state index in [9.17, 15) is 10.1 Å². The Kier molecular flexibility index (Phi) is 7.94. The van der Waals surface area contributed by atoms with Crippen LogP contribution in [0, 0.1) is 32.1 Å². The van der Waals surface area contributed by atoms with Crippen molar-refractivity contribution in [3.8, 4) is 11.8 Å². The normalized spacial score (nSPS) is 14.7. The lowest BCUT2D eigenvalue weighted by atomic mass is 10.1. The number of benzene rings is 1. The van der Waals surface area contributed by atoms with Crippen LogP contribution in [0.3, 0.4) is 0 Å². The van der Waals surface area contributed by atoms with Gasteiger partial charge >= 0.3 is 0 Å². The summed E-state index contributed by atoms with van der Waals surface area (Å²) < 4.78 is 5.23. The third kappa shape index (κ3) is 5.78. The van der Waals surface area contributed by atoms with Gasteiger partial charge in [0.25, 0.3) is 0 Å². The van der Waals surface area contributed by atoms with E-state index >= 15 is 0 Å². The van der Waals surface area contributed by atoms with Crippen LogP contribution in [0.2, 0.25) is 0 Å². The second-order valence-corrected chi connectivity index (χ2v) is 8.85. The highest BCUT2D eigenvalue weighted by molar-refractivity contribution is 8.00. The standard InChI is InChI=1S/C24H30N4O2S/c1-17-18(2)22(14-25)24(26-19(17)3)31-16-23(29)28-11-5-10-27(12-13-28)15-20-6-8-21(30-4)9-7-20/h6-9H,5,10-13,15-16H2,1-4H3. The van der Waals surface area contributed by atoms with Crippen LogP contribution in [0.5, 0.6) is 5.75 Å². The molecule has 0 bridgehead atoms. The monoisotopic (exact) mass is 438 g/mol. The van der Waals surface area contributed by atoms with Crippen molar-refractivity contribution in [3.63, 3.8) is 0 Å². The number of carbonyl (C=O) groups is 1. The van der Waals surface area contributed by atoms with Gasteiger partial charge in [-0.2, -0.15) is 5.26 Å². The van der Waals surface area contributed by atoms with Gasteiger partial charge in [-0.1, -0.05) is 23.9 Å². The van der Waals surface area contributed by atoms with Crippen molar-refractivity contribution in [3.05, 3.63) is 52.2 Å². The molecule has 31 heavy (non-hydrogen) atoms. The van der Waals surface area contributed by atoms with Crippen LogP contribution in [0.1, 0.15) is 34.4 Å². The zero-order valence-electron chi connectivity index (χ0n) is 18.8. The highest BCUT2D eigenvalue weighted by Crippen LogP contribution is 2.26. The number of hydrogen-bond acceptors (Lipinski definition) is 6. The number of hydrogen-bond donors (Lipinski definition) is 0. The van der Waals surface area contributed by atoms with Gasteiger partial charge in [-0.05, 0) is 56.0 Å². The number of aromatic nitrogens is 1. The van der Waals surface area contributed by atoms with Crippen molar-refractivity contribution in [2.24, 2.45) is 0 Å². The second kappa shape index (κ2) is 10.7. The molecule has 0 unspecified atom stereocenters. The van der Waals surface area contributed by atoms with Gasteiger partial charge in [0.05, 0.1) is 18.4 Å². The number of nitrogens with zero attached hydrogens (tertiary/aromatic N) is 4. The molecule has 1 aromatic heterocycles. The molecule has 1 aromatic carbocycles. The Bertz CT molecular complexity index is 969. The van der Waals surface area contributed by atoms with E-state index in [1.165, 1.54) is 17.3 Å². The maximum atomic E-state index is 12.9. The fourth-order valence-corrected chi connectivity index (χ4v) is 4.72.